The average molecular weight is 390 g/mol. The van der Waals surface area contributed by atoms with Crippen LogP contribution in [0.25, 0.3) is 11.5 Å². The number of nitrogens with zero attached hydrogens (tertiary/aromatic N) is 4. The van der Waals surface area contributed by atoms with Gasteiger partial charge in [-0.05, 0) is 24.3 Å². The number of aromatic nitrogens is 4. The van der Waals surface area contributed by atoms with Crippen molar-refractivity contribution in [3.05, 3.63) is 38.8 Å². The van der Waals surface area contributed by atoms with Gasteiger partial charge in [0.15, 0.2) is 0 Å². The zero-order valence-electron chi connectivity index (χ0n) is 9.79. The summed E-state index contributed by atoms with van der Waals surface area (Å²) in [4.78, 5) is 0. The lowest BCUT2D eigenvalue weighted by molar-refractivity contribution is 0.466. The van der Waals surface area contributed by atoms with Gasteiger partial charge in [0, 0.05) is 27.3 Å². The minimum Gasteiger partial charge on any atom is -0.411 e. The number of hydrogen-bond acceptors (Lipinski definition) is 7. The van der Waals surface area contributed by atoms with Crippen LogP contribution in [-0.2, 0) is 5.75 Å². The first-order chi connectivity index (χ1) is 9.72. The second-order valence-corrected chi connectivity index (χ2v) is 6.86. The van der Waals surface area contributed by atoms with E-state index in [0.29, 0.717) is 21.2 Å². The van der Waals surface area contributed by atoms with Crippen molar-refractivity contribution in [2.45, 2.75) is 11.0 Å². The minimum absolute atomic E-state index is 0.479. The minimum atomic E-state index is 0.479. The van der Waals surface area contributed by atoms with E-state index in [2.05, 4.69) is 35.7 Å². The fourth-order valence-electron chi connectivity index (χ4n) is 1.39. The number of thioether (sulfide) groups is 1. The third kappa shape index (κ3) is 3.20. The van der Waals surface area contributed by atoms with Crippen molar-refractivity contribution in [2.75, 3.05) is 0 Å². The maximum Gasteiger partial charge on any atom is 0.277 e. The molecule has 0 fully saturated rings. The normalized spacial score (nSPS) is 10.9. The molecule has 0 unspecified atom stereocenters. The second-order valence-electron chi connectivity index (χ2n) is 3.66. The third-order valence-electron chi connectivity index (χ3n) is 2.34. The highest BCUT2D eigenvalue weighted by Gasteiger charge is 2.11. The van der Waals surface area contributed by atoms with E-state index >= 15 is 0 Å². The van der Waals surface area contributed by atoms with Gasteiger partial charge in [-0.2, -0.15) is 0 Å². The van der Waals surface area contributed by atoms with E-state index in [1.807, 2.05) is 24.3 Å². The highest BCUT2D eigenvalue weighted by Crippen LogP contribution is 2.28. The molecule has 0 aliphatic carbocycles. The van der Waals surface area contributed by atoms with E-state index in [1.54, 1.807) is 0 Å². The molecule has 0 atom stereocenters. The van der Waals surface area contributed by atoms with Crippen molar-refractivity contribution in [3.63, 3.8) is 0 Å². The molecule has 2 aromatic heterocycles. The van der Waals surface area contributed by atoms with Gasteiger partial charge in [-0.1, -0.05) is 43.8 Å². The van der Waals surface area contributed by atoms with Gasteiger partial charge in [-0.25, -0.2) is 0 Å². The molecule has 1 aromatic carbocycles. The molecular formula is C11H6BrClN4OS2. The summed E-state index contributed by atoms with van der Waals surface area (Å²) in [5.41, 5.74) is 1.60. The summed E-state index contributed by atoms with van der Waals surface area (Å²) in [5, 5.41) is 12.4. The van der Waals surface area contributed by atoms with E-state index in [9.17, 15) is 0 Å². The number of rotatable bonds is 4. The summed E-state index contributed by atoms with van der Waals surface area (Å²) < 4.78 is 10.9. The molecule has 0 amide bonds. The Morgan fingerprint density at radius 2 is 2.00 bits per heavy atom. The Bertz CT molecular complexity index is 715. The van der Waals surface area contributed by atoms with Crippen LogP contribution >= 0.6 is 50.8 Å². The maximum absolute atomic E-state index is 5.93. The Balaban J connectivity index is 1.71. The van der Waals surface area contributed by atoms with Gasteiger partial charge in [0.05, 0.1) is 0 Å². The van der Waals surface area contributed by atoms with Crippen LogP contribution in [0.3, 0.4) is 0 Å². The monoisotopic (exact) mass is 388 g/mol. The van der Waals surface area contributed by atoms with E-state index in [4.69, 9.17) is 16.0 Å². The van der Waals surface area contributed by atoms with Crippen LogP contribution in [0.15, 0.2) is 38.4 Å². The van der Waals surface area contributed by atoms with Crippen LogP contribution in [-0.4, -0.2) is 19.8 Å². The molecule has 3 rings (SSSR count). The molecule has 0 N–H and O–H groups in total. The Hall–Kier alpha value is -0.960. The van der Waals surface area contributed by atoms with Crippen LogP contribution < -0.4 is 0 Å². The highest BCUT2D eigenvalue weighted by atomic mass is 79.9. The topological polar surface area (TPSA) is 64.7 Å². The first-order valence-electron chi connectivity index (χ1n) is 5.41. The smallest absolute Gasteiger partial charge is 0.277 e. The van der Waals surface area contributed by atoms with Gasteiger partial charge in [0.25, 0.3) is 5.22 Å². The van der Waals surface area contributed by atoms with Crippen LogP contribution in [0.1, 0.15) is 5.69 Å². The van der Waals surface area contributed by atoms with Crippen LogP contribution in [0.2, 0.25) is 4.34 Å². The second kappa shape index (κ2) is 6.21. The summed E-state index contributed by atoms with van der Waals surface area (Å²) in [6.07, 6.45) is 0. The van der Waals surface area contributed by atoms with E-state index in [1.165, 1.54) is 11.8 Å². The fraction of sp³-hybridized carbons (Fsp3) is 0.0909. The summed E-state index contributed by atoms with van der Waals surface area (Å²) >= 11 is 11.9. The quantitative estimate of drug-likeness (QED) is 0.620. The predicted molar refractivity (Wildman–Crippen MR) is 81.9 cm³/mol. The molecule has 102 valence electrons. The molecule has 3 aromatic rings. The predicted octanol–water partition coefficient (Wildman–Crippen LogP) is 4.30. The van der Waals surface area contributed by atoms with E-state index in [0.717, 1.165) is 27.3 Å². The lowest BCUT2D eigenvalue weighted by atomic mass is 10.2. The lowest BCUT2D eigenvalue weighted by Gasteiger charge is -1.94. The van der Waals surface area contributed by atoms with E-state index in [-0.39, 0.29) is 0 Å². The van der Waals surface area contributed by atoms with Crippen LogP contribution in [0.5, 0.6) is 0 Å². The first kappa shape index (κ1) is 14.0. The summed E-state index contributed by atoms with van der Waals surface area (Å²) in [6.45, 7) is 0. The lowest BCUT2D eigenvalue weighted by Crippen LogP contribution is -1.82. The van der Waals surface area contributed by atoms with Crippen LogP contribution in [0.4, 0.5) is 0 Å². The highest BCUT2D eigenvalue weighted by molar-refractivity contribution is 9.10. The van der Waals surface area contributed by atoms with Gasteiger partial charge in [-0.3, -0.25) is 0 Å². The number of benzene rings is 1. The molecule has 20 heavy (non-hydrogen) atoms. The van der Waals surface area contributed by atoms with Gasteiger partial charge in [0.1, 0.15) is 10.0 Å². The van der Waals surface area contributed by atoms with Crippen molar-refractivity contribution in [3.8, 4) is 11.5 Å². The summed E-state index contributed by atoms with van der Waals surface area (Å²) in [7, 11) is 0. The zero-order chi connectivity index (χ0) is 13.9. The van der Waals surface area contributed by atoms with Crippen LogP contribution in [0, 0.1) is 0 Å². The largest absolute Gasteiger partial charge is 0.411 e. The van der Waals surface area contributed by atoms with Crippen molar-refractivity contribution in [2.24, 2.45) is 0 Å². The molecule has 0 bridgehead atoms. The van der Waals surface area contributed by atoms with Crippen molar-refractivity contribution in [1.29, 1.82) is 0 Å². The van der Waals surface area contributed by atoms with Gasteiger partial charge < -0.3 is 4.42 Å². The molecule has 0 aliphatic rings. The average Bonchev–Trinajstić information content (AvgIpc) is 3.06. The molecule has 9 heteroatoms. The molecule has 0 spiro atoms. The standard InChI is InChI=1S/C11H6BrClN4OS2/c12-7-3-1-6(2-4-7)10-15-16-11(18-10)19-5-8-9(13)20-17-14-8/h1-4H,5H2. The Kier molecular flexibility index (Phi) is 4.35. The van der Waals surface area contributed by atoms with Gasteiger partial charge in [0.2, 0.25) is 5.89 Å². The Morgan fingerprint density at radius 3 is 2.70 bits per heavy atom. The van der Waals surface area contributed by atoms with Crippen molar-refractivity contribution < 1.29 is 4.42 Å². The third-order valence-corrected chi connectivity index (χ3v) is 4.68. The fourth-order valence-corrected chi connectivity index (χ4v) is 3.15. The maximum atomic E-state index is 5.93. The van der Waals surface area contributed by atoms with Crippen molar-refractivity contribution in [1.82, 2.24) is 19.8 Å². The van der Waals surface area contributed by atoms with Gasteiger partial charge >= 0.3 is 0 Å². The molecule has 5 nitrogen and oxygen atoms in total. The number of hydrogen-bond donors (Lipinski definition) is 0. The molecule has 0 saturated heterocycles. The SMILES string of the molecule is Clc1snnc1CSc1nnc(-c2ccc(Br)cc2)o1. The number of halogens is 2. The summed E-state index contributed by atoms with van der Waals surface area (Å²) in [6, 6.07) is 7.67. The first-order valence-corrected chi connectivity index (χ1v) is 8.34. The molecular weight excluding hydrogens is 384 g/mol. The molecule has 2 heterocycles. The molecule has 0 saturated carbocycles. The Morgan fingerprint density at radius 1 is 1.20 bits per heavy atom. The molecule has 0 radical (unpaired) electrons. The van der Waals surface area contributed by atoms with Gasteiger partial charge in [-0.15, -0.1) is 15.3 Å². The van der Waals surface area contributed by atoms with E-state index < -0.39 is 0 Å². The zero-order valence-corrected chi connectivity index (χ0v) is 13.8. The molecule has 0 aliphatic heterocycles. The Labute approximate surface area is 136 Å². The summed E-state index contributed by atoms with van der Waals surface area (Å²) in [5.74, 6) is 1.04. The van der Waals surface area contributed by atoms with Crippen molar-refractivity contribution >= 4 is 50.8 Å².